The number of aromatic amines is 1. The number of pyridine rings is 1. The molecule has 0 unspecified atom stereocenters. The summed E-state index contributed by atoms with van der Waals surface area (Å²) in [5, 5.41) is 13.7. The molecular formula is C14H21N3O5S. The van der Waals surface area contributed by atoms with Crippen LogP contribution in [0.4, 0.5) is 10.5 Å². The summed E-state index contributed by atoms with van der Waals surface area (Å²) < 4.78 is 5.18. The zero-order chi connectivity index (χ0) is 17.6. The van der Waals surface area contributed by atoms with Gasteiger partial charge in [0.25, 0.3) is 0 Å². The average molecular weight is 343 g/mol. The molecule has 0 aliphatic heterocycles. The number of nitro groups is 1. The normalized spacial score (nSPS) is 12.5. The summed E-state index contributed by atoms with van der Waals surface area (Å²) >= 11 is 1.15. The molecule has 2 N–H and O–H groups in total. The van der Waals surface area contributed by atoms with E-state index in [2.05, 4.69) is 10.3 Å². The Labute approximate surface area is 138 Å². The second-order valence-corrected chi connectivity index (χ2v) is 6.90. The van der Waals surface area contributed by atoms with Gasteiger partial charge in [0.05, 0.1) is 9.82 Å². The topological polar surface area (TPSA) is 114 Å². The van der Waals surface area contributed by atoms with Crippen molar-refractivity contribution in [3.63, 3.8) is 0 Å². The average Bonchev–Trinajstić information content (AvgIpc) is 2.40. The number of rotatable bonds is 6. The predicted octanol–water partition coefficient (Wildman–Crippen LogP) is 2.68. The molecule has 0 saturated carbocycles. The fourth-order valence-electron chi connectivity index (χ4n) is 1.67. The number of hydrogen-bond donors (Lipinski definition) is 2. The minimum absolute atomic E-state index is 0.228. The predicted molar refractivity (Wildman–Crippen MR) is 87.9 cm³/mol. The molecule has 0 saturated heterocycles. The molecule has 1 rings (SSSR count). The highest BCUT2D eigenvalue weighted by Gasteiger charge is 2.22. The number of thioether (sulfide) groups is 1. The van der Waals surface area contributed by atoms with Crippen molar-refractivity contribution in [3.8, 4) is 0 Å². The minimum atomic E-state index is -0.742. The molecular weight excluding hydrogens is 322 g/mol. The number of carbonyl (C=O) groups is 1. The molecule has 1 aromatic rings. The smallest absolute Gasteiger partial charge is 0.407 e. The van der Waals surface area contributed by atoms with Crippen LogP contribution >= 0.6 is 11.8 Å². The van der Waals surface area contributed by atoms with E-state index in [4.69, 9.17) is 4.74 Å². The fourth-order valence-corrected chi connectivity index (χ4v) is 2.84. The van der Waals surface area contributed by atoms with Gasteiger partial charge < -0.3 is 15.0 Å². The summed E-state index contributed by atoms with van der Waals surface area (Å²) in [5.74, 6) is 0.389. The maximum atomic E-state index is 11.8. The summed E-state index contributed by atoms with van der Waals surface area (Å²) in [5.41, 5.74) is -1.82. The second-order valence-electron chi connectivity index (χ2n) is 5.84. The van der Waals surface area contributed by atoms with E-state index >= 15 is 0 Å². The van der Waals surface area contributed by atoms with E-state index in [1.165, 1.54) is 12.3 Å². The summed E-state index contributed by atoms with van der Waals surface area (Å²) in [6.45, 7) is 7.18. The van der Waals surface area contributed by atoms with Crippen molar-refractivity contribution < 1.29 is 14.5 Å². The highest BCUT2D eigenvalue weighted by atomic mass is 32.2. The van der Waals surface area contributed by atoms with Gasteiger partial charge in [-0.25, -0.2) is 4.79 Å². The molecule has 1 amide bonds. The first-order valence-corrected chi connectivity index (χ1v) is 8.11. The standard InChI is InChI=1S/C14H21N3O5S/c1-5-9(16-13(19)22-14(2,3)4)8-23-10-6-7-15-12(18)11(10)17(20)21/h6-7,9H,5,8H2,1-4H3,(H,15,18)(H,16,19)/t9-/m1/s1. The number of amides is 1. The zero-order valence-electron chi connectivity index (χ0n) is 13.5. The monoisotopic (exact) mass is 343 g/mol. The molecule has 0 aliphatic rings. The van der Waals surface area contributed by atoms with Crippen molar-refractivity contribution in [3.05, 3.63) is 32.7 Å². The molecule has 1 atom stereocenters. The van der Waals surface area contributed by atoms with E-state index in [1.807, 2.05) is 6.92 Å². The zero-order valence-corrected chi connectivity index (χ0v) is 14.4. The van der Waals surface area contributed by atoms with Crippen LogP contribution < -0.4 is 10.9 Å². The first-order valence-electron chi connectivity index (χ1n) is 7.12. The maximum Gasteiger partial charge on any atom is 0.407 e. The number of hydrogen-bond acceptors (Lipinski definition) is 6. The van der Waals surface area contributed by atoms with Gasteiger partial charge in [0.15, 0.2) is 0 Å². The highest BCUT2D eigenvalue weighted by Crippen LogP contribution is 2.26. The van der Waals surface area contributed by atoms with E-state index in [9.17, 15) is 19.7 Å². The lowest BCUT2D eigenvalue weighted by Gasteiger charge is -2.22. The quantitative estimate of drug-likeness (QED) is 0.466. The molecule has 128 valence electrons. The van der Waals surface area contributed by atoms with Gasteiger partial charge in [-0.1, -0.05) is 6.92 Å². The minimum Gasteiger partial charge on any atom is -0.444 e. The third kappa shape index (κ3) is 6.31. The van der Waals surface area contributed by atoms with Gasteiger partial charge in [-0.15, -0.1) is 11.8 Å². The van der Waals surface area contributed by atoms with Gasteiger partial charge in [0.1, 0.15) is 5.60 Å². The van der Waals surface area contributed by atoms with Gasteiger partial charge in [-0.3, -0.25) is 14.9 Å². The number of aromatic nitrogens is 1. The Bertz CT molecular complexity index is 624. The van der Waals surface area contributed by atoms with Gasteiger partial charge in [-0.05, 0) is 33.3 Å². The number of nitrogens with zero attached hydrogens (tertiary/aromatic N) is 1. The van der Waals surface area contributed by atoms with E-state index in [0.29, 0.717) is 12.2 Å². The Morgan fingerprint density at radius 2 is 2.17 bits per heavy atom. The van der Waals surface area contributed by atoms with Crippen molar-refractivity contribution in [2.24, 2.45) is 0 Å². The van der Waals surface area contributed by atoms with E-state index < -0.39 is 27.9 Å². The van der Waals surface area contributed by atoms with Crippen molar-refractivity contribution in [2.45, 2.75) is 50.7 Å². The molecule has 8 nitrogen and oxygen atoms in total. The van der Waals surface area contributed by atoms with Gasteiger partial charge >= 0.3 is 17.3 Å². The molecule has 0 fully saturated rings. The van der Waals surface area contributed by atoms with Crippen LogP contribution in [0, 0.1) is 10.1 Å². The number of alkyl carbamates (subject to hydrolysis) is 1. The SMILES string of the molecule is CC[C@H](CSc1cc[nH]c(=O)c1[N+](=O)[O-])NC(=O)OC(C)(C)C. The Balaban J connectivity index is 2.72. The lowest BCUT2D eigenvalue weighted by atomic mass is 10.2. The molecule has 1 aromatic heterocycles. The number of carbonyl (C=O) groups excluding carboxylic acids is 1. The first-order chi connectivity index (χ1) is 10.6. The summed E-state index contributed by atoms with van der Waals surface area (Å²) in [7, 11) is 0. The Morgan fingerprint density at radius 3 is 2.70 bits per heavy atom. The number of H-pyrrole nitrogens is 1. The summed E-state index contributed by atoms with van der Waals surface area (Å²) in [6, 6.07) is 1.25. The molecule has 0 aliphatic carbocycles. The van der Waals surface area contributed by atoms with Crippen molar-refractivity contribution in [2.75, 3.05) is 5.75 Å². The highest BCUT2D eigenvalue weighted by molar-refractivity contribution is 7.99. The van der Waals surface area contributed by atoms with E-state index in [1.54, 1.807) is 20.8 Å². The van der Waals surface area contributed by atoms with Crippen molar-refractivity contribution in [1.82, 2.24) is 10.3 Å². The van der Waals surface area contributed by atoms with Crippen LogP contribution in [0.1, 0.15) is 34.1 Å². The second kappa shape index (κ2) is 8.00. The van der Waals surface area contributed by atoms with Crippen molar-refractivity contribution >= 4 is 23.5 Å². The van der Waals surface area contributed by atoms with Gasteiger partial charge in [-0.2, -0.15) is 0 Å². The molecule has 23 heavy (non-hydrogen) atoms. The summed E-state index contributed by atoms with van der Waals surface area (Å²) in [4.78, 5) is 36.1. The van der Waals surface area contributed by atoms with Crippen LogP contribution in [-0.2, 0) is 4.74 Å². The van der Waals surface area contributed by atoms with Crippen LogP contribution in [0.5, 0.6) is 0 Å². The summed E-state index contributed by atoms with van der Waals surface area (Å²) in [6.07, 6.45) is 1.45. The fraction of sp³-hybridized carbons (Fsp3) is 0.571. The van der Waals surface area contributed by atoms with Crippen LogP contribution in [0.3, 0.4) is 0 Å². The Kier molecular flexibility index (Phi) is 6.62. The van der Waals surface area contributed by atoms with Gasteiger partial charge in [0.2, 0.25) is 0 Å². The first kappa shape index (κ1) is 19.0. The number of ether oxygens (including phenoxy) is 1. The molecule has 0 aromatic carbocycles. The third-order valence-corrected chi connectivity index (χ3v) is 3.94. The lowest BCUT2D eigenvalue weighted by Crippen LogP contribution is -2.40. The lowest BCUT2D eigenvalue weighted by molar-refractivity contribution is -0.389. The van der Waals surface area contributed by atoms with Crippen molar-refractivity contribution in [1.29, 1.82) is 0 Å². The third-order valence-electron chi connectivity index (χ3n) is 2.73. The maximum absolute atomic E-state index is 11.8. The van der Waals surface area contributed by atoms with Crippen LogP contribution in [-0.4, -0.2) is 33.4 Å². The van der Waals surface area contributed by atoms with Crippen LogP contribution in [0.25, 0.3) is 0 Å². The van der Waals surface area contributed by atoms with Gasteiger partial charge in [0, 0.05) is 18.0 Å². The molecule has 9 heteroatoms. The largest absolute Gasteiger partial charge is 0.444 e. The molecule has 1 heterocycles. The van der Waals surface area contributed by atoms with E-state index in [-0.39, 0.29) is 10.9 Å². The van der Waals surface area contributed by atoms with Crippen LogP contribution in [0.15, 0.2) is 22.0 Å². The van der Waals surface area contributed by atoms with Crippen LogP contribution in [0.2, 0.25) is 0 Å². The van der Waals surface area contributed by atoms with E-state index in [0.717, 1.165) is 11.8 Å². The molecule has 0 spiro atoms. The number of nitrogens with one attached hydrogen (secondary N) is 2. The molecule has 0 bridgehead atoms. The Hall–Kier alpha value is -2.03. The molecule has 0 radical (unpaired) electrons. The Morgan fingerprint density at radius 1 is 1.52 bits per heavy atom.